The minimum atomic E-state index is -4.74. The van der Waals surface area contributed by atoms with Crippen LogP contribution >= 0.6 is 0 Å². The van der Waals surface area contributed by atoms with Crippen LogP contribution in [0.1, 0.15) is 18.2 Å². The van der Waals surface area contributed by atoms with Crippen molar-refractivity contribution in [3.63, 3.8) is 0 Å². The van der Waals surface area contributed by atoms with Gasteiger partial charge in [0.15, 0.2) is 0 Å². The Morgan fingerprint density at radius 2 is 1.76 bits per heavy atom. The minimum Gasteiger partial charge on any atom is -0.406 e. The van der Waals surface area contributed by atoms with Gasteiger partial charge in [0.1, 0.15) is 5.75 Å². The fourth-order valence-electron chi connectivity index (χ4n) is 2.93. The molecule has 0 fully saturated rings. The molecule has 0 aliphatic carbocycles. The Morgan fingerprint density at radius 1 is 1.08 bits per heavy atom. The van der Waals surface area contributed by atoms with E-state index in [0.29, 0.717) is 17.5 Å². The number of aromatic nitrogens is 1. The second-order valence-electron chi connectivity index (χ2n) is 5.71. The fraction of sp³-hybridized carbons (Fsp3) is 0.211. The molecule has 3 aromatic rings. The summed E-state index contributed by atoms with van der Waals surface area (Å²) in [6.07, 6.45) is -4.13. The largest absolute Gasteiger partial charge is 0.573 e. The second-order valence-corrected chi connectivity index (χ2v) is 5.71. The molecule has 0 amide bonds. The monoisotopic (exact) mass is 347 g/mol. The normalized spacial score (nSPS) is 11.7. The van der Waals surface area contributed by atoms with Crippen LogP contribution in [0.4, 0.5) is 13.2 Å². The molecule has 0 N–H and O–H groups in total. The number of ether oxygens (including phenoxy) is 1. The van der Waals surface area contributed by atoms with Gasteiger partial charge in [0.25, 0.3) is 5.56 Å². The minimum absolute atomic E-state index is 0.183. The lowest BCUT2D eigenvalue weighted by Gasteiger charge is -2.15. The summed E-state index contributed by atoms with van der Waals surface area (Å²) in [6.45, 7) is 3.79. The quantitative estimate of drug-likeness (QED) is 0.684. The summed E-state index contributed by atoms with van der Waals surface area (Å²) in [5, 5.41) is 1.46. The van der Waals surface area contributed by atoms with E-state index in [9.17, 15) is 18.0 Å². The number of hydrogen-bond donors (Lipinski definition) is 0. The maximum Gasteiger partial charge on any atom is 0.573 e. The van der Waals surface area contributed by atoms with E-state index in [1.807, 2.05) is 38.1 Å². The first-order chi connectivity index (χ1) is 11.8. The Morgan fingerprint density at radius 3 is 2.36 bits per heavy atom. The molecule has 0 aliphatic heterocycles. The summed E-state index contributed by atoms with van der Waals surface area (Å²) in [5.41, 5.74) is 1.96. The number of halogens is 3. The van der Waals surface area contributed by atoms with Crippen LogP contribution in [-0.2, 0) is 6.42 Å². The summed E-state index contributed by atoms with van der Waals surface area (Å²) < 4.78 is 42.3. The van der Waals surface area contributed by atoms with Crippen LogP contribution in [0.25, 0.3) is 16.5 Å². The molecule has 0 saturated carbocycles. The molecule has 0 spiro atoms. The van der Waals surface area contributed by atoms with Crippen molar-refractivity contribution in [1.82, 2.24) is 4.57 Å². The van der Waals surface area contributed by atoms with E-state index < -0.39 is 6.36 Å². The first-order valence-corrected chi connectivity index (χ1v) is 7.80. The molecule has 130 valence electrons. The molecule has 1 heterocycles. The lowest BCUT2D eigenvalue weighted by molar-refractivity contribution is -0.274. The molecule has 2 aromatic carbocycles. The Kier molecular flexibility index (Phi) is 4.29. The van der Waals surface area contributed by atoms with Crippen molar-refractivity contribution < 1.29 is 17.9 Å². The van der Waals surface area contributed by atoms with Crippen LogP contribution in [-0.4, -0.2) is 10.9 Å². The van der Waals surface area contributed by atoms with Crippen molar-refractivity contribution in [2.75, 3.05) is 0 Å². The number of hydrogen-bond acceptors (Lipinski definition) is 2. The average Bonchev–Trinajstić information content (AvgIpc) is 2.54. The maximum absolute atomic E-state index is 13.0. The average molecular weight is 347 g/mol. The number of aryl methyl sites for hydroxylation is 2. The highest BCUT2D eigenvalue weighted by Gasteiger charge is 2.31. The Hall–Kier alpha value is -2.76. The van der Waals surface area contributed by atoms with E-state index in [2.05, 4.69) is 4.74 Å². The summed E-state index contributed by atoms with van der Waals surface area (Å²) in [5.74, 6) is -0.320. The first-order valence-electron chi connectivity index (χ1n) is 7.80. The smallest absolute Gasteiger partial charge is 0.406 e. The zero-order valence-corrected chi connectivity index (χ0v) is 13.7. The second kappa shape index (κ2) is 6.27. The highest BCUT2D eigenvalue weighted by atomic mass is 19.4. The van der Waals surface area contributed by atoms with Gasteiger partial charge in [0.05, 0.1) is 5.39 Å². The van der Waals surface area contributed by atoms with E-state index in [1.165, 1.54) is 28.8 Å². The van der Waals surface area contributed by atoms with Gasteiger partial charge in [-0.2, -0.15) is 0 Å². The number of alkyl halides is 3. The summed E-state index contributed by atoms with van der Waals surface area (Å²) in [4.78, 5) is 13.0. The van der Waals surface area contributed by atoms with Crippen LogP contribution in [0, 0.1) is 6.92 Å². The maximum atomic E-state index is 13.0. The van der Waals surface area contributed by atoms with Gasteiger partial charge in [0, 0.05) is 11.4 Å². The Bertz CT molecular complexity index is 973. The van der Waals surface area contributed by atoms with Crippen LogP contribution in [0.15, 0.2) is 53.3 Å². The first kappa shape index (κ1) is 17.1. The molecule has 0 atom stereocenters. The zero-order chi connectivity index (χ0) is 18.2. The van der Waals surface area contributed by atoms with Crippen molar-refractivity contribution in [2.45, 2.75) is 26.6 Å². The van der Waals surface area contributed by atoms with Crippen molar-refractivity contribution >= 4 is 10.8 Å². The van der Waals surface area contributed by atoms with Gasteiger partial charge in [0.2, 0.25) is 0 Å². The predicted molar refractivity (Wildman–Crippen MR) is 90.3 cm³/mol. The molecule has 6 heteroatoms. The van der Waals surface area contributed by atoms with Gasteiger partial charge in [-0.1, -0.05) is 25.1 Å². The van der Waals surface area contributed by atoms with Crippen LogP contribution in [0.5, 0.6) is 5.75 Å². The number of fused-ring (bicyclic) bond motifs is 1. The Balaban J connectivity index is 2.16. The SMILES string of the molecule is CCc1cc2cccc(C)c2c(=O)n1-c1ccc(OC(F)(F)F)cc1. The van der Waals surface area contributed by atoms with Crippen molar-refractivity contribution in [1.29, 1.82) is 0 Å². The summed E-state index contributed by atoms with van der Waals surface area (Å²) >= 11 is 0. The zero-order valence-electron chi connectivity index (χ0n) is 13.7. The van der Waals surface area contributed by atoms with Crippen molar-refractivity contribution in [2.24, 2.45) is 0 Å². The molecule has 25 heavy (non-hydrogen) atoms. The third-order valence-corrected chi connectivity index (χ3v) is 4.02. The van der Waals surface area contributed by atoms with Crippen molar-refractivity contribution in [3.05, 3.63) is 70.1 Å². The van der Waals surface area contributed by atoms with Crippen LogP contribution in [0.3, 0.4) is 0 Å². The predicted octanol–water partition coefficient (Wildman–Crippen LogP) is 4.76. The molecule has 0 saturated heterocycles. The lowest BCUT2D eigenvalue weighted by Crippen LogP contribution is -2.22. The Labute approximate surface area is 142 Å². The van der Waals surface area contributed by atoms with E-state index >= 15 is 0 Å². The topological polar surface area (TPSA) is 31.2 Å². The van der Waals surface area contributed by atoms with E-state index in [4.69, 9.17) is 0 Å². The van der Waals surface area contributed by atoms with Gasteiger partial charge in [-0.15, -0.1) is 13.2 Å². The van der Waals surface area contributed by atoms with Gasteiger partial charge in [-0.25, -0.2) is 0 Å². The van der Waals surface area contributed by atoms with E-state index in [-0.39, 0.29) is 11.3 Å². The number of pyridine rings is 1. The molecule has 0 unspecified atom stereocenters. The highest BCUT2D eigenvalue weighted by molar-refractivity contribution is 5.85. The van der Waals surface area contributed by atoms with E-state index in [1.54, 1.807) is 0 Å². The van der Waals surface area contributed by atoms with Crippen molar-refractivity contribution in [3.8, 4) is 11.4 Å². The number of benzene rings is 2. The number of rotatable bonds is 3. The van der Waals surface area contributed by atoms with Gasteiger partial charge >= 0.3 is 6.36 Å². The molecule has 1 aromatic heterocycles. The third-order valence-electron chi connectivity index (χ3n) is 4.02. The lowest BCUT2D eigenvalue weighted by atomic mass is 10.1. The summed E-state index contributed by atoms with van der Waals surface area (Å²) in [7, 11) is 0. The molecule has 3 nitrogen and oxygen atoms in total. The number of nitrogens with zero attached hydrogens (tertiary/aromatic N) is 1. The molecular formula is C19H16F3NO2. The van der Waals surface area contributed by atoms with Crippen LogP contribution in [0.2, 0.25) is 0 Å². The van der Waals surface area contributed by atoms with Gasteiger partial charge < -0.3 is 4.74 Å². The molecule has 0 bridgehead atoms. The van der Waals surface area contributed by atoms with Gasteiger partial charge in [-0.3, -0.25) is 9.36 Å². The molecular weight excluding hydrogens is 331 g/mol. The standard InChI is InChI=1S/C19H16F3NO2/c1-3-14-11-13-6-4-5-12(2)17(13)18(24)23(14)15-7-9-16(10-8-15)25-19(20,21)22/h4-11H,3H2,1-2H3. The highest BCUT2D eigenvalue weighted by Crippen LogP contribution is 2.25. The molecule has 3 rings (SSSR count). The summed E-state index contributed by atoms with van der Waals surface area (Å²) in [6, 6.07) is 12.9. The molecule has 0 aliphatic rings. The van der Waals surface area contributed by atoms with Crippen LogP contribution < -0.4 is 10.3 Å². The van der Waals surface area contributed by atoms with Gasteiger partial charge in [-0.05, 0) is 54.6 Å². The van der Waals surface area contributed by atoms with E-state index in [0.717, 1.165) is 16.6 Å². The third kappa shape index (κ3) is 3.38. The molecule has 0 radical (unpaired) electrons. The fourth-order valence-corrected chi connectivity index (χ4v) is 2.93.